The number of carbonyl (C=O) groups excluding carboxylic acids is 1. The van der Waals surface area contributed by atoms with E-state index >= 15 is 0 Å². The third kappa shape index (κ3) is 1.61. The van der Waals surface area contributed by atoms with E-state index in [2.05, 4.69) is 4.74 Å². The van der Waals surface area contributed by atoms with Crippen molar-refractivity contribution >= 4 is 5.97 Å². The van der Waals surface area contributed by atoms with Crippen LogP contribution in [0.4, 0.5) is 8.78 Å². The first-order valence-electron chi connectivity index (χ1n) is 4.53. The van der Waals surface area contributed by atoms with Crippen molar-refractivity contribution in [2.75, 3.05) is 13.2 Å². The second kappa shape index (κ2) is 3.38. The smallest absolute Gasteiger partial charge is 0.302 e. The van der Waals surface area contributed by atoms with E-state index in [1.54, 1.807) is 0 Å². The van der Waals surface area contributed by atoms with Gasteiger partial charge in [0, 0.05) is 6.92 Å². The van der Waals surface area contributed by atoms with Gasteiger partial charge in [0.25, 0.3) is 5.92 Å². The van der Waals surface area contributed by atoms with E-state index in [9.17, 15) is 18.7 Å². The van der Waals surface area contributed by atoms with Crippen molar-refractivity contribution in [1.29, 1.82) is 0 Å². The Labute approximate surface area is 85.8 Å². The molecule has 1 aliphatic rings. The Morgan fingerprint density at radius 1 is 1.53 bits per heavy atom. The number of carbonyl (C=O) groups is 1. The molecule has 2 N–H and O–H groups in total. The van der Waals surface area contributed by atoms with Gasteiger partial charge in [-0.3, -0.25) is 4.79 Å². The highest BCUT2D eigenvalue weighted by Gasteiger charge is 2.75. The van der Waals surface area contributed by atoms with Crippen LogP contribution < -0.4 is 0 Å². The molecule has 0 spiro atoms. The second-order valence-corrected chi connectivity index (χ2v) is 4.28. The lowest BCUT2D eigenvalue weighted by atomic mass is 9.57. The Bertz CT molecular complexity index is 281. The van der Waals surface area contributed by atoms with Crippen molar-refractivity contribution in [1.82, 2.24) is 0 Å². The van der Waals surface area contributed by atoms with Crippen molar-refractivity contribution in [3.63, 3.8) is 0 Å². The van der Waals surface area contributed by atoms with Crippen molar-refractivity contribution in [3.05, 3.63) is 0 Å². The normalized spacial score (nSPS) is 38.3. The average molecular weight is 224 g/mol. The molecule has 6 heteroatoms. The lowest BCUT2D eigenvalue weighted by Gasteiger charge is -2.56. The Balaban J connectivity index is 2.71. The minimum atomic E-state index is -3.45. The van der Waals surface area contributed by atoms with Gasteiger partial charge in [-0.15, -0.1) is 0 Å². The van der Waals surface area contributed by atoms with Gasteiger partial charge in [0.2, 0.25) is 0 Å². The molecule has 1 saturated carbocycles. The SMILES string of the molecule is CC(=O)OC[C@@]1(C)C[C@@](O)(CO)C1(F)F. The summed E-state index contributed by atoms with van der Waals surface area (Å²) >= 11 is 0. The molecule has 0 aromatic heterocycles. The van der Waals surface area contributed by atoms with Crippen LogP contribution in [-0.4, -0.2) is 40.9 Å². The maximum Gasteiger partial charge on any atom is 0.302 e. The van der Waals surface area contributed by atoms with E-state index in [0.29, 0.717) is 0 Å². The Morgan fingerprint density at radius 3 is 2.40 bits per heavy atom. The molecule has 0 radical (unpaired) electrons. The molecule has 1 fully saturated rings. The summed E-state index contributed by atoms with van der Waals surface area (Å²) in [5.74, 6) is -4.10. The van der Waals surface area contributed by atoms with Crippen LogP contribution in [0, 0.1) is 5.41 Å². The predicted molar refractivity (Wildman–Crippen MR) is 46.3 cm³/mol. The summed E-state index contributed by atoms with van der Waals surface area (Å²) in [4.78, 5) is 10.5. The Morgan fingerprint density at radius 2 is 2.07 bits per heavy atom. The van der Waals surface area contributed by atoms with Crippen LogP contribution in [0.5, 0.6) is 0 Å². The summed E-state index contributed by atoms with van der Waals surface area (Å²) in [6, 6.07) is 0. The van der Waals surface area contributed by atoms with Gasteiger partial charge < -0.3 is 14.9 Å². The first-order chi connectivity index (χ1) is 6.68. The van der Waals surface area contributed by atoms with E-state index in [0.717, 1.165) is 6.92 Å². The zero-order valence-corrected chi connectivity index (χ0v) is 8.59. The molecule has 4 nitrogen and oxygen atoms in total. The van der Waals surface area contributed by atoms with Crippen molar-refractivity contribution < 1.29 is 28.5 Å². The monoisotopic (exact) mass is 224 g/mol. The van der Waals surface area contributed by atoms with Crippen molar-refractivity contribution in [3.8, 4) is 0 Å². The van der Waals surface area contributed by atoms with Crippen LogP contribution in [0.1, 0.15) is 20.3 Å². The molecule has 1 rings (SSSR count). The third-order valence-corrected chi connectivity index (χ3v) is 2.88. The van der Waals surface area contributed by atoms with Gasteiger partial charge in [-0.05, 0) is 6.42 Å². The summed E-state index contributed by atoms with van der Waals surface area (Å²) in [6.07, 6.45) is -0.295. The quantitative estimate of drug-likeness (QED) is 0.677. The maximum absolute atomic E-state index is 13.5. The lowest BCUT2D eigenvalue weighted by Crippen LogP contribution is -2.73. The van der Waals surface area contributed by atoms with Gasteiger partial charge in [0.05, 0.1) is 12.0 Å². The topological polar surface area (TPSA) is 66.8 Å². The van der Waals surface area contributed by atoms with E-state index < -0.39 is 36.1 Å². The fraction of sp³-hybridized carbons (Fsp3) is 0.889. The molecule has 0 heterocycles. The summed E-state index contributed by atoms with van der Waals surface area (Å²) in [5.41, 5.74) is -3.99. The molecule has 2 atom stereocenters. The van der Waals surface area contributed by atoms with E-state index in [-0.39, 0.29) is 6.42 Å². The molecule has 0 aliphatic heterocycles. The molecule has 1 aliphatic carbocycles. The number of hydrogen-bond donors (Lipinski definition) is 2. The fourth-order valence-corrected chi connectivity index (χ4v) is 1.88. The minimum Gasteiger partial charge on any atom is -0.465 e. The van der Waals surface area contributed by atoms with Crippen LogP contribution in [-0.2, 0) is 9.53 Å². The molecule has 88 valence electrons. The minimum absolute atomic E-state index is 0.295. The maximum atomic E-state index is 13.5. The highest BCUT2D eigenvalue weighted by atomic mass is 19.3. The first kappa shape index (κ1) is 12.3. The molecule has 0 saturated heterocycles. The van der Waals surface area contributed by atoms with Gasteiger partial charge >= 0.3 is 5.97 Å². The summed E-state index contributed by atoms with van der Waals surface area (Å²) in [5, 5.41) is 18.0. The number of aliphatic hydroxyl groups is 2. The largest absolute Gasteiger partial charge is 0.465 e. The van der Waals surface area contributed by atoms with Gasteiger partial charge in [0.1, 0.15) is 6.61 Å². The van der Waals surface area contributed by atoms with E-state index in [4.69, 9.17) is 5.11 Å². The van der Waals surface area contributed by atoms with Crippen LogP contribution in [0.3, 0.4) is 0 Å². The summed E-state index contributed by atoms with van der Waals surface area (Å²) in [7, 11) is 0. The number of aliphatic hydroxyl groups excluding tert-OH is 1. The van der Waals surface area contributed by atoms with Crippen LogP contribution in [0.25, 0.3) is 0 Å². The summed E-state index contributed by atoms with van der Waals surface area (Å²) in [6.45, 7) is 0.867. The number of esters is 1. The number of rotatable bonds is 3. The Kier molecular flexibility index (Phi) is 2.78. The highest BCUT2D eigenvalue weighted by Crippen LogP contribution is 2.60. The Hall–Kier alpha value is -0.750. The van der Waals surface area contributed by atoms with Crippen molar-refractivity contribution in [2.45, 2.75) is 31.8 Å². The van der Waals surface area contributed by atoms with Crippen LogP contribution in [0.15, 0.2) is 0 Å². The van der Waals surface area contributed by atoms with Gasteiger partial charge in [0.15, 0.2) is 5.60 Å². The van der Waals surface area contributed by atoms with Crippen LogP contribution >= 0.6 is 0 Å². The zero-order valence-electron chi connectivity index (χ0n) is 8.59. The van der Waals surface area contributed by atoms with Gasteiger partial charge in [-0.25, -0.2) is 8.78 Å². The molecule has 15 heavy (non-hydrogen) atoms. The van der Waals surface area contributed by atoms with E-state index in [1.807, 2.05) is 0 Å². The highest BCUT2D eigenvalue weighted by molar-refractivity contribution is 5.66. The number of hydrogen-bond acceptors (Lipinski definition) is 4. The first-order valence-corrected chi connectivity index (χ1v) is 4.53. The zero-order chi connectivity index (χ0) is 11.9. The van der Waals surface area contributed by atoms with Gasteiger partial charge in [-0.2, -0.15) is 0 Å². The number of alkyl halides is 2. The molecular formula is C9H14F2O4. The fourth-order valence-electron chi connectivity index (χ4n) is 1.88. The molecule has 0 amide bonds. The molecule has 0 aromatic rings. The lowest BCUT2D eigenvalue weighted by molar-refractivity contribution is -0.346. The molecular weight excluding hydrogens is 210 g/mol. The third-order valence-electron chi connectivity index (χ3n) is 2.88. The van der Waals surface area contributed by atoms with E-state index in [1.165, 1.54) is 6.92 Å². The second-order valence-electron chi connectivity index (χ2n) is 4.28. The standard InChI is InChI=1S/C9H14F2O4/c1-6(13)15-5-7(2)3-8(14,4-12)9(7,10)11/h12,14H,3-5H2,1-2H3/t7-,8-/m1/s1. The van der Waals surface area contributed by atoms with Crippen LogP contribution in [0.2, 0.25) is 0 Å². The molecule has 0 unspecified atom stereocenters. The summed E-state index contributed by atoms with van der Waals surface area (Å²) < 4.78 is 31.5. The van der Waals surface area contributed by atoms with Crippen molar-refractivity contribution in [2.24, 2.45) is 5.41 Å². The van der Waals surface area contributed by atoms with Gasteiger partial charge in [-0.1, -0.05) is 6.92 Å². The number of halogens is 2. The molecule has 0 aromatic carbocycles. The predicted octanol–water partition coefficient (Wildman–Crippen LogP) is 0.318. The number of ether oxygens (including phenoxy) is 1. The average Bonchev–Trinajstić information content (AvgIpc) is 2.14. The molecule has 0 bridgehead atoms.